The molecule has 1 aromatic carbocycles. The van der Waals surface area contributed by atoms with E-state index in [1.165, 1.54) is 4.90 Å². The van der Waals surface area contributed by atoms with Gasteiger partial charge in [0.2, 0.25) is 0 Å². The second kappa shape index (κ2) is 6.63. The van der Waals surface area contributed by atoms with Gasteiger partial charge in [0.05, 0.1) is 13.2 Å². The Bertz CT molecular complexity index is 337. The lowest BCUT2D eigenvalue weighted by atomic mass is 10.3. The van der Waals surface area contributed by atoms with Crippen LogP contribution in [0.1, 0.15) is 0 Å². The van der Waals surface area contributed by atoms with Gasteiger partial charge in [-0.15, -0.1) is 6.58 Å². The molecule has 0 aliphatic carbocycles. The number of rotatable bonds is 5. The Labute approximate surface area is 94.8 Å². The summed E-state index contributed by atoms with van der Waals surface area (Å²) in [6, 6.07) is 8.74. The fourth-order valence-corrected chi connectivity index (χ4v) is 1.18. The van der Waals surface area contributed by atoms with Gasteiger partial charge in [0.1, 0.15) is 5.75 Å². The van der Waals surface area contributed by atoms with Gasteiger partial charge in [-0.25, -0.2) is 9.90 Å². The highest BCUT2D eigenvalue weighted by atomic mass is 16.6. The molecule has 1 amide bonds. The van der Waals surface area contributed by atoms with Gasteiger partial charge < -0.3 is 9.64 Å². The van der Waals surface area contributed by atoms with Crippen LogP contribution in [0.15, 0.2) is 43.0 Å². The Kier molecular flexibility index (Phi) is 5.08. The van der Waals surface area contributed by atoms with E-state index in [2.05, 4.69) is 6.58 Å². The monoisotopic (exact) mass is 220 g/mol. The van der Waals surface area contributed by atoms with E-state index in [0.29, 0.717) is 12.3 Å². The molecule has 0 fully saturated rings. The van der Waals surface area contributed by atoms with Crippen molar-refractivity contribution < 1.29 is 14.6 Å². The molecule has 1 radical (unpaired) electrons. The molecular weight excluding hydrogens is 206 g/mol. The highest BCUT2D eigenvalue weighted by molar-refractivity contribution is 5.70. The molecule has 16 heavy (non-hydrogen) atoms. The summed E-state index contributed by atoms with van der Waals surface area (Å²) in [5, 5.41) is 10.5. The van der Waals surface area contributed by atoms with E-state index in [1.54, 1.807) is 30.3 Å². The highest BCUT2D eigenvalue weighted by Gasteiger charge is 2.13. The summed E-state index contributed by atoms with van der Waals surface area (Å²) in [5.41, 5.74) is 0. The molecule has 4 heteroatoms. The standard InChI is InChI=1S/C12H14NO3/c1-2-8-13(9-10-14)12(15)16-11-6-4-3-5-7-11/h2-7H,1,8-10H2. The first-order valence-corrected chi connectivity index (χ1v) is 4.98. The van der Waals surface area contributed by atoms with Gasteiger partial charge in [0, 0.05) is 6.54 Å². The van der Waals surface area contributed by atoms with E-state index in [4.69, 9.17) is 4.74 Å². The average molecular weight is 220 g/mol. The lowest BCUT2D eigenvalue weighted by Crippen LogP contribution is -2.35. The number of carbonyl (C=O) groups is 1. The van der Waals surface area contributed by atoms with Crippen molar-refractivity contribution in [2.75, 3.05) is 19.7 Å². The maximum absolute atomic E-state index is 11.6. The van der Waals surface area contributed by atoms with Crippen LogP contribution in [0.3, 0.4) is 0 Å². The smallest absolute Gasteiger partial charge is 0.410 e. The predicted molar refractivity (Wildman–Crippen MR) is 59.8 cm³/mol. The molecule has 0 atom stereocenters. The molecule has 85 valence electrons. The second-order valence-corrected chi connectivity index (χ2v) is 3.12. The first-order chi connectivity index (χ1) is 7.77. The second-order valence-electron chi connectivity index (χ2n) is 3.12. The van der Waals surface area contributed by atoms with Crippen LogP contribution < -0.4 is 4.74 Å². The van der Waals surface area contributed by atoms with Crippen LogP contribution in [-0.4, -0.2) is 30.7 Å². The van der Waals surface area contributed by atoms with E-state index in [9.17, 15) is 9.90 Å². The molecule has 0 saturated carbocycles. The summed E-state index contributed by atoms with van der Waals surface area (Å²) in [4.78, 5) is 12.9. The highest BCUT2D eigenvalue weighted by Crippen LogP contribution is 2.10. The number of para-hydroxylation sites is 1. The largest absolute Gasteiger partial charge is 0.415 e. The molecule has 0 heterocycles. The van der Waals surface area contributed by atoms with Gasteiger partial charge in [-0.2, -0.15) is 0 Å². The molecule has 0 spiro atoms. The van der Waals surface area contributed by atoms with Crippen molar-refractivity contribution in [3.63, 3.8) is 0 Å². The van der Waals surface area contributed by atoms with E-state index < -0.39 is 6.09 Å². The third-order valence-electron chi connectivity index (χ3n) is 1.92. The van der Waals surface area contributed by atoms with Crippen LogP contribution >= 0.6 is 0 Å². The molecule has 0 unspecified atom stereocenters. The molecule has 1 rings (SSSR count). The Morgan fingerprint density at radius 3 is 2.62 bits per heavy atom. The summed E-state index contributed by atoms with van der Waals surface area (Å²) < 4.78 is 5.08. The molecule has 0 aliphatic heterocycles. The molecule has 0 aromatic heterocycles. The van der Waals surface area contributed by atoms with Crippen molar-refractivity contribution in [2.24, 2.45) is 0 Å². The SMILES string of the molecule is C=CCN(CC[O])C(=O)Oc1ccccc1. The van der Waals surface area contributed by atoms with Gasteiger partial charge >= 0.3 is 6.09 Å². The zero-order chi connectivity index (χ0) is 11.8. The maximum atomic E-state index is 11.6. The summed E-state index contributed by atoms with van der Waals surface area (Å²) in [6.45, 7) is 3.61. The summed E-state index contributed by atoms with van der Waals surface area (Å²) >= 11 is 0. The molecule has 1 aromatic rings. The predicted octanol–water partition coefficient (Wildman–Crippen LogP) is 2.10. The van der Waals surface area contributed by atoms with Crippen molar-refractivity contribution in [2.45, 2.75) is 0 Å². The first-order valence-electron chi connectivity index (χ1n) is 4.98. The molecule has 4 nitrogen and oxygen atoms in total. The van der Waals surface area contributed by atoms with Crippen LogP contribution in [0, 0.1) is 0 Å². The Morgan fingerprint density at radius 1 is 1.38 bits per heavy atom. The lowest BCUT2D eigenvalue weighted by Gasteiger charge is -2.18. The van der Waals surface area contributed by atoms with Gasteiger partial charge in [-0.05, 0) is 12.1 Å². The number of hydrogen-bond donors (Lipinski definition) is 0. The number of carbonyl (C=O) groups excluding carboxylic acids is 1. The molecule has 0 aliphatic rings. The van der Waals surface area contributed by atoms with Gasteiger partial charge in [0.15, 0.2) is 0 Å². The zero-order valence-electron chi connectivity index (χ0n) is 8.96. The van der Waals surface area contributed by atoms with Gasteiger partial charge in [-0.3, -0.25) is 0 Å². The quantitative estimate of drug-likeness (QED) is 0.713. The van der Waals surface area contributed by atoms with Crippen LogP contribution in [0.25, 0.3) is 0 Å². The number of hydrogen-bond acceptors (Lipinski definition) is 2. The van der Waals surface area contributed by atoms with Gasteiger partial charge in [-0.1, -0.05) is 24.3 Å². The third-order valence-corrected chi connectivity index (χ3v) is 1.92. The normalized spacial score (nSPS) is 9.56. The van der Waals surface area contributed by atoms with Crippen molar-refractivity contribution >= 4 is 6.09 Å². The van der Waals surface area contributed by atoms with Crippen molar-refractivity contribution in [1.29, 1.82) is 0 Å². The maximum Gasteiger partial charge on any atom is 0.415 e. The molecule has 0 bridgehead atoms. The number of benzene rings is 1. The van der Waals surface area contributed by atoms with E-state index in [1.807, 2.05) is 6.07 Å². The molecule has 0 N–H and O–H groups in total. The first kappa shape index (κ1) is 12.3. The number of amides is 1. The summed E-state index contributed by atoms with van der Waals surface area (Å²) in [5.74, 6) is 0.465. The Balaban J connectivity index is 2.58. The lowest BCUT2D eigenvalue weighted by molar-refractivity contribution is 0.124. The summed E-state index contributed by atoms with van der Waals surface area (Å²) in [7, 11) is 0. The molecule has 0 saturated heterocycles. The zero-order valence-corrected chi connectivity index (χ0v) is 8.96. The Hall–Kier alpha value is -1.81. The Morgan fingerprint density at radius 2 is 2.06 bits per heavy atom. The van der Waals surface area contributed by atoms with E-state index in [-0.39, 0.29) is 13.2 Å². The van der Waals surface area contributed by atoms with E-state index in [0.717, 1.165) is 0 Å². The minimum absolute atomic E-state index is 0.123. The van der Waals surface area contributed by atoms with Crippen molar-refractivity contribution in [3.05, 3.63) is 43.0 Å². The minimum atomic E-state index is -0.526. The van der Waals surface area contributed by atoms with Crippen LogP contribution in [-0.2, 0) is 5.11 Å². The fourth-order valence-electron chi connectivity index (χ4n) is 1.18. The average Bonchev–Trinajstić information content (AvgIpc) is 2.30. The fraction of sp³-hybridized carbons (Fsp3) is 0.250. The van der Waals surface area contributed by atoms with Crippen molar-refractivity contribution in [1.82, 2.24) is 4.90 Å². The number of nitrogens with zero attached hydrogens (tertiary/aromatic N) is 1. The topological polar surface area (TPSA) is 49.4 Å². The van der Waals surface area contributed by atoms with Gasteiger partial charge in [0.25, 0.3) is 0 Å². The van der Waals surface area contributed by atoms with Crippen molar-refractivity contribution in [3.8, 4) is 5.75 Å². The summed E-state index contributed by atoms with van der Waals surface area (Å²) in [6.07, 6.45) is 1.03. The molecular formula is C12H14NO3. The van der Waals surface area contributed by atoms with Crippen LogP contribution in [0.2, 0.25) is 0 Å². The van der Waals surface area contributed by atoms with E-state index >= 15 is 0 Å². The van der Waals surface area contributed by atoms with Crippen LogP contribution in [0.5, 0.6) is 5.75 Å². The third kappa shape index (κ3) is 3.74. The number of ether oxygens (including phenoxy) is 1. The minimum Gasteiger partial charge on any atom is -0.410 e. The van der Waals surface area contributed by atoms with Crippen LogP contribution in [0.4, 0.5) is 4.79 Å².